The number of nitrogens with one attached hydrogen (secondary N) is 1. The molecule has 0 spiro atoms. The van der Waals surface area contributed by atoms with Crippen LogP contribution in [0.25, 0.3) is 11.4 Å². The molecule has 0 aliphatic rings. The number of aromatic nitrogens is 5. The van der Waals surface area contributed by atoms with E-state index in [0.29, 0.717) is 23.9 Å². The molecular formula is C20H16N6O. The molecule has 3 heterocycles. The molecule has 0 fully saturated rings. The van der Waals surface area contributed by atoms with Crippen LogP contribution in [0.4, 0.5) is 5.95 Å². The van der Waals surface area contributed by atoms with Gasteiger partial charge in [0.05, 0.1) is 5.56 Å². The molecule has 0 saturated heterocycles. The number of nitrogens with zero attached hydrogens (tertiary/aromatic N) is 5. The lowest BCUT2D eigenvalue weighted by Gasteiger charge is -2.07. The lowest BCUT2D eigenvalue weighted by atomic mass is 10.2. The minimum Gasteiger partial charge on any atom is -0.350 e. The Morgan fingerprint density at radius 1 is 0.926 bits per heavy atom. The summed E-state index contributed by atoms with van der Waals surface area (Å²) in [6, 6.07) is 16.9. The zero-order valence-corrected chi connectivity index (χ0v) is 14.4. The second-order valence-corrected chi connectivity index (χ2v) is 5.80. The van der Waals surface area contributed by atoms with Gasteiger partial charge in [-0.25, -0.2) is 0 Å². The summed E-state index contributed by atoms with van der Waals surface area (Å²) < 4.78 is 1.27. The molecule has 7 heteroatoms. The van der Waals surface area contributed by atoms with Crippen molar-refractivity contribution in [1.82, 2.24) is 24.7 Å². The summed E-state index contributed by atoms with van der Waals surface area (Å²) in [6.07, 6.45) is 6.47. The summed E-state index contributed by atoms with van der Waals surface area (Å²) in [5.74, 6) is 0.490. The molecule has 0 saturated carbocycles. The van der Waals surface area contributed by atoms with Crippen LogP contribution in [-0.2, 0) is 6.54 Å². The minimum atomic E-state index is -0.304. The first kappa shape index (κ1) is 16.6. The van der Waals surface area contributed by atoms with Crippen molar-refractivity contribution in [3.8, 4) is 11.4 Å². The maximum absolute atomic E-state index is 12.9. The van der Waals surface area contributed by atoms with Gasteiger partial charge in [-0.15, -0.1) is 5.10 Å². The summed E-state index contributed by atoms with van der Waals surface area (Å²) in [5, 5.41) is 7.59. The normalized spacial score (nSPS) is 10.5. The van der Waals surface area contributed by atoms with Crippen LogP contribution >= 0.6 is 0 Å². The van der Waals surface area contributed by atoms with Crippen molar-refractivity contribution >= 4 is 11.9 Å². The maximum atomic E-state index is 12.9. The molecule has 132 valence electrons. The average molecular weight is 356 g/mol. The predicted molar refractivity (Wildman–Crippen MR) is 101 cm³/mol. The number of hydrogen-bond acceptors (Lipinski definition) is 6. The van der Waals surface area contributed by atoms with Crippen molar-refractivity contribution in [2.45, 2.75) is 6.54 Å². The fourth-order valence-corrected chi connectivity index (χ4v) is 2.57. The third-order valence-electron chi connectivity index (χ3n) is 3.92. The number of pyridine rings is 2. The van der Waals surface area contributed by atoms with Crippen LogP contribution in [0.3, 0.4) is 0 Å². The minimum absolute atomic E-state index is 0.304. The Kier molecular flexibility index (Phi) is 4.65. The molecule has 0 unspecified atom stereocenters. The zero-order chi connectivity index (χ0) is 18.5. The van der Waals surface area contributed by atoms with Crippen LogP contribution in [-0.4, -0.2) is 30.6 Å². The molecule has 0 aliphatic heterocycles. The monoisotopic (exact) mass is 356 g/mol. The highest BCUT2D eigenvalue weighted by molar-refractivity contribution is 5.96. The number of anilines is 1. The zero-order valence-electron chi connectivity index (χ0n) is 14.4. The topological polar surface area (TPSA) is 85.6 Å². The summed E-state index contributed by atoms with van der Waals surface area (Å²) in [7, 11) is 0. The molecule has 27 heavy (non-hydrogen) atoms. The maximum Gasteiger partial charge on any atom is 0.282 e. The van der Waals surface area contributed by atoms with Crippen LogP contribution in [0.1, 0.15) is 15.9 Å². The van der Waals surface area contributed by atoms with E-state index in [4.69, 9.17) is 0 Å². The van der Waals surface area contributed by atoms with Crippen molar-refractivity contribution < 1.29 is 4.79 Å². The Morgan fingerprint density at radius 3 is 2.41 bits per heavy atom. The molecule has 0 bridgehead atoms. The standard InChI is InChI=1S/C20H16N6O/c27-19(17-9-5-11-22-14-17)26-20(23-12-15-6-2-1-3-7-15)24-18(25-26)16-8-4-10-21-13-16/h1-11,13-14H,12H2,(H,23,24,25). The molecule has 1 aromatic carbocycles. The molecule has 0 amide bonds. The second kappa shape index (κ2) is 7.57. The lowest BCUT2D eigenvalue weighted by Crippen LogP contribution is -2.17. The van der Waals surface area contributed by atoms with Gasteiger partial charge in [0.15, 0.2) is 5.82 Å². The van der Waals surface area contributed by atoms with E-state index < -0.39 is 0 Å². The summed E-state index contributed by atoms with van der Waals surface area (Å²) in [4.78, 5) is 25.5. The largest absolute Gasteiger partial charge is 0.350 e. The van der Waals surface area contributed by atoms with Gasteiger partial charge < -0.3 is 5.32 Å². The van der Waals surface area contributed by atoms with Crippen molar-refractivity contribution in [3.05, 3.63) is 90.5 Å². The number of benzene rings is 1. The van der Waals surface area contributed by atoms with Crippen LogP contribution in [0, 0.1) is 0 Å². The van der Waals surface area contributed by atoms with Gasteiger partial charge in [0.1, 0.15) is 0 Å². The first-order valence-electron chi connectivity index (χ1n) is 8.41. The smallest absolute Gasteiger partial charge is 0.282 e. The summed E-state index contributed by atoms with van der Waals surface area (Å²) in [6.45, 7) is 0.520. The van der Waals surface area contributed by atoms with E-state index in [0.717, 1.165) is 11.1 Å². The Balaban J connectivity index is 1.69. The SMILES string of the molecule is O=C(c1cccnc1)n1nc(-c2cccnc2)nc1NCc1ccccc1. The predicted octanol–water partition coefficient (Wildman–Crippen LogP) is 3.04. The van der Waals surface area contributed by atoms with E-state index in [2.05, 4.69) is 25.4 Å². The summed E-state index contributed by atoms with van der Waals surface area (Å²) >= 11 is 0. The van der Waals surface area contributed by atoms with Gasteiger partial charge in [-0.2, -0.15) is 9.67 Å². The van der Waals surface area contributed by atoms with E-state index in [9.17, 15) is 4.79 Å². The van der Waals surface area contributed by atoms with Gasteiger partial charge in [-0.1, -0.05) is 30.3 Å². The fourth-order valence-electron chi connectivity index (χ4n) is 2.57. The molecule has 0 aliphatic carbocycles. The third kappa shape index (κ3) is 3.72. The fraction of sp³-hybridized carbons (Fsp3) is 0.0500. The molecular weight excluding hydrogens is 340 g/mol. The Hall–Kier alpha value is -3.87. The highest BCUT2D eigenvalue weighted by atomic mass is 16.2. The number of carbonyl (C=O) groups is 1. The molecule has 4 rings (SSSR count). The van der Waals surface area contributed by atoms with E-state index in [1.165, 1.54) is 10.9 Å². The van der Waals surface area contributed by atoms with Crippen molar-refractivity contribution in [2.75, 3.05) is 5.32 Å². The first-order valence-corrected chi connectivity index (χ1v) is 8.41. The molecule has 7 nitrogen and oxygen atoms in total. The van der Waals surface area contributed by atoms with Crippen LogP contribution < -0.4 is 5.32 Å². The highest BCUT2D eigenvalue weighted by Gasteiger charge is 2.18. The van der Waals surface area contributed by atoms with Gasteiger partial charge in [0.2, 0.25) is 5.95 Å². The molecule has 0 atom stereocenters. The van der Waals surface area contributed by atoms with Crippen molar-refractivity contribution in [3.63, 3.8) is 0 Å². The van der Waals surface area contributed by atoms with E-state index in [1.807, 2.05) is 36.4 Å². The Morgan fingerprint density at radius 2 is 1.70 bits per heavy atom. The molecule has 0 radical (unpaired) electrons. The van der Waals surface area contributed by atoms with Crippen molar-refractivity contribution in [1.29, 1.82) is 0 Å². The van der Waals surface area contributed by atoms with Crippen LogP contribution in [0.5, 0.6) is 0 Å². The average Bonchev–Trinajstić information content (AvgIpc) is 3.18. The van der Waals surface area contributed by atoms with E-state index in [-0.39, 0.29) is 5.91 Å². The summed E-state index contributed by atoms with van der Waals surface area (Å²) in [5.41, 5.74) is 2.24. The molecule has 1 N–H and O–H groups in total. The quantitative estimate of drug-likeness (QED) is 0.591. The van der Waals surface area contributed by atoms with Gasteiger partial charge in [-0.3, -0.25) is 14.8 Å². The van der Waals surface area contributed by atoms with Gasteiger partial charge in [0, 0.05) is 36.9 Å². The first-order chi connectivity index (χ1) is 13.3. The lowest BCUT2D eigenvalue weighted by molar-refractivity contribution is 0.0947. The van der Waals surface area contributed by atoms with Gasteiger partial charge in [-0.05, 0) is 29.8 Å². The van der Waals surface area contributed by atoms with E-state index >= 15 is 0 Å². The van der Waals surface area contributed by atoms with Crippen LogP contribution in [0.15, 0.2) is 79.4 Å². The van der Waals surface area contributed by atoms with Crippen molar-refractivity contribution in [2.24, 2.45) is 0 Å². The van der Waals surface area contributed by atoms with E-state index in [1.54, 1.807) is 36.8 Å². The second-order valence-electron chi connectivity index (χ2n) is 5.80. The molecule has 4 aromatic rings. The van der Waals surface area contributed by atoms with Gasteiger partial charge >= 0.3 is 0 Å². The number of hydrogen-bond donors (Lipinski definition) is 1. The Bertz CT molecular complexity index is 1030. The van der Waals surface area contributed by atoms with Gasteiger partial charge in [0.25, 0.3) is 5.91 Å². The number of rotatable bonds is 5. The number of carbonyl (C=O) groups excluding carboxylic acids is 1. The van der Waals surface area contributed by atoms with Crippen LogP contribution in [0.2, 0.25) is 0 Å². The molecule has 3 aromatic heterocycles. The Labute approximate surface area is 155 Å². The third-order valence-corrected chi connectivity index (χ3v) is 3.92. The highest BCUT2D eigenvalue weighted by Crippen LogP contribution is 2.18.